The fraction of sp³-hybridized carbons (Fsp3) is 0.917. The van der Waals surface area contributed by atoms with Crippen molar-refractivity contribution < 1.29 is 24.5 Å². The van der Waals surface area contributed by atoms with Gasteiger partial charge in [-0.05, 0) is 65.2 Å². The van der Waals surface area contributed by atoms with E-state index >= 15 is 0 Å². The molecule has 0 aliphatic carbocycles. The van der Waals surface area contributed by atoms with Crippen molar-refractivity contribution in [1.82, 2.24) is 6.15 Å². The van der Waals surface area contributed by atoms with Crippen molar-refractivity contribution in [1.29, 1.82) is 0 Å². The van der Waals surface area contributed by atoms with Crippen LogP contribution < -0.4 is 11.9 Å². The van der Waals surface area contributed by atoms with Gasteiger partial charge in [-0.1, -0.05) is 53.4 Å². The summed E-state index contributed by atoms with van der Waals surface area (Å²) in [6.45, 7) is 15.7. The molecule has 0 heterocycles. The van der Waals surface area contributed by atoms with Gasteiger partial charge in [0.25, 0.3) is 0 Å². The average Bonchev–Trinajstić information content (AvgIpc) is 2.65. The van der Waals surface area contributed by atoms with Crippen LogP contribution in [0.2, 0.25) is 0 Å². The van der Waals surface area contributed by atoms with Crippen molar-refractivity contribution in [3.63, 3.8) is 0 Å². The van der Waals surface area contributed by atoms with Crippen LogP contribution in [-0.2, 0) is 14.3 Å². The second-order valence-corrected chi connectivity index (χ2v) is 10.1. The molecule has 0 unspecified atom stereocenters. The Balaban J connectivity index is -0.000000198. The number of carbonyl (C=O) groups is 2. The quantitative estimate of drug-likeness (QED) is 0.187. The standard InChI is InChI=1S/C12H23ClO2.C8H18O.C4H9NO2.H3N/c1-5-7-10(8-6-2)9-15-11(14)12(3,4)13;1-3-5-8(7-9)6-4-2;1-4(2,5)3(6)7;/h10H,5-9H2,1-4H3;8-9H,3-7H2,1-2H3;5H2,1-2H3,(H,6,7);1H3. The monoisotopic (exact) mass is 484 g/mol. The second kappa shape index (κ2) is 21.9. The van der Waals surface area contributed by atoms with Crippen LogP contribution >= 0.6 is 11.6 Å². The molecule has 0 aliphatic heterocycles. The maximum Gasteiger partial charge on any atom is 0.326 e. The molecule has 0 bridgehead atoms. The number of rotatable bonds is 13. The predicted molar refractivity (Wildman–Crippen MR) is 136 cm³/mol. The third kappa shape index (κ3) is 25.4. The number of alkyl halides is 1. The number of hydrogen-bond donors (Lipinski definition) is 4. The lowest BCUT2D eigenvalue weighted by atomic mass is 9.99. The summed E-state index contributed by atoms with van der Waals surface area (Å²) in [4.78, 5) is 20.4. The summed E-state index contributed by atoms with van der Waals surface area (Å²) >= 11 is 5.85. The van der Waals surface area contributed by atoms with Crippen LogP contribution in [0.4, 0.5) is 0 Å². The number of hydrogen-bond acceptors (Lipinski definition) is 6. The van der Waals surface area contributed by atoms with Crippen molar-refractivity contribution in [3.8, 4) is 0 Å². The molecule has 0 fully saturated rings. The number of aliphatic hydroxyl groups is 1. The molecule has 0 aromatic carbocycles. The fourth-order valence-corrected chi connectivity index (χ4v) is 2.69. The number of esters is 1. The molecular weight excluding hydrogens is 432 g/mol. The third-order valence-electron chi connectivity index (χ3n) is 4.53. The number of carboxylic acids is 1. The number of aliphatic carboxylic acids is 1. The lowest BCUT2D eigenvalue weighted by molar-refractivity contribution is -0.147. The van der Waals surface area contributed by atoms with Crippen LogP contribution in [0.3, 0.4) is 0 Å². The summed E-state index contributed by atoms with van der Waals surface area (Å²) in [6, 6.07) is 0. The van der Waals surface area contributed by atoms with Gasteiger partial charge in [-0.25, -0.2) is 0 Å². The zero-order valence-electron chi connectivity index (χ0n) is 22.0. The molecule has 0 saturated heterocycles. The van der Waals surface area contributed by atoms with Gasteiger partial charge in [-0.3, -0.25) is 9.59 Å². The zero-order chi connectivity index (χ0) is 25.1. The molecule has 0 amide bonds. The normalized spacial score (nSPS) is 11.0. The average molecular weight is 485 g/mol. The SMILES string of the molecule is CC(C)(N)C(=O)O.CCCC(CCC)COC(=O)C(C)(C)Cl.CCCC(CO)CCC.N. The van der Waals surface area contributed by atoms with Crippen molar-refractivity contribution in [2.75, 3.05) is 13.2 Å². The number of carbonyl (C=O) groups excluding carboxylic acids is 1. The molecule has 7 nitrogen and oxygen atoms in total. The Morgan fingerprint density at radius 2 is 1.19 bits per heavy atom. The van der Waals surface area contributed by atoms with Gasteiger partial charge in [0, 0.05) is 6.61 Å². The molecule has 0 rings (SSSR count). The first-order chi connectivity index (χ1) is 14.2. The number of halogens is 1. The van der Waals surface area contributed by atoms with E-state index in [1.165, 1.54) is 39.5 Å². The first-order valence-corrected chi connectivity index (χ1v) is 12.1. The molecule has 0 aromatic heterocycles. The molecule has 0 aliphatic rings. The number of ether oxygens (including phenoxy) is 1. The molecule has 32 heavy (non-hydrogen) atoms. The Hall–Kier alpha value is -0.890. The van der Waals surface area contributed by atoms with Crippen molar-refractivity contribution in [3.05, 3.63) is 0 Å². The van der Waals surface area contributed by atoms with Crippen molar-refractivity contribution >= 4 is 23.5 Å². The summed E-state index contributed by atoms with van der Waals surface area (Å²) in [5.41, 5.74) is 4.00. The van der Waals surface area contributed by atoms with Gasteiger partial charge in [0.15, 0.2) is 0 Å². The first-order valence-electron chi connectivity index (χ1n) is 11.7. The summed E-state index contributed by atoms with van der Waals surface area (Å²) in [6.07, 6.45) is 9.26. The minimum atomic E-state index is -1.08. The Kier molecular flexibility index (Phi) is 26.3. The summed E-state index contributed by atoms with van der Waals surface area (Å²) in [5.74, 6) is -0.239. The zero-order valence-corrected chi connectivity index (χ0v) is 22.8. The Morgan fingerprint density at radius 1 is 0.875 bits per heavy atom. The Morgan fingerprint density at radius 3 is 1.41 bits per heavy atom. The topological polar surface area (TPSA) is 145 Å². The molecule has 0 saturated carbocycles. The second-order valence-electron chi connectivity index (χ2n) is 9.17. The Labute approximate surface area is 202 Å². The molecule has 7 N–H and O–H groups in total. The number of aliphatic hydroxyl groups excluding tert-OH is 1. The van der Waals surface area contributed by atoms with Crippen LogP contribution in [-0.4, -0.2) is 45.8 Å². The minimum absolute atomic E-state index is 0. The predicted octanol–water partition coefficient (Wildman–Crippen LogP) is 5.93. The van der Waals surface area contributed by atoms with E-state index in [0.717, 1.165) is 25.7 Å². The van der Waals surface area contributed by atoms with E-state index < -0.39 is 16.4 Å². The molecule has 0 aromatic rings. The third-order valence-corrected chi connectivity index (χ3v) is 4.69. The smallest absolute Gasteiger partial charge is 0.326 e. The van der Waals surface area contributed by atoms with Gasteiger partial charge < -0.3 is 26.8 Å². The van der Waals surface area contributed by atoms with Gasteiger partial charge >= 0.3 is 11.9 Å². The highest BCUT2D eigenvalue weighted by atomic mass is 35.5. The van der Waals surface area contributed by atoms with Crippen LogP contribution in [0.15, 0.2) is 0 Å². The highest BCUT2D eigenvalue weighted by Crippen LogP contribution is 2.18. The van der Waals surface area contributed by atoms with Crippen LogP contribution in [0.25, 0.3) is 0 Å². The molecule has 8 heteroatoms. The van der Waals surface area contributed by atoms with Gasteiger partial charge in [-0.2, -0.15) is 0 Å². The van der Waals surface area contributed by atoms with Gasteiger partial charge in [-0.15, -0.1) is 11.6 Å². The molecular formula is C24H53ClN2O5. The molecule has 0 radical (unpaired) electrons. The van der Waals surface area contributed by atoms with E-state index in [2.05, 4.69) is 27.7 Å². The molecule has 0 spiro atoms. The highest BCUT2D eigenvalue weighted by molar-refractivity contribution is 6.33. The minimum Gasteiger partial charge on any atom is -0.480 e. The van der Waals surface area contributed by atoms with Crippen LogP contribution in [0.5, 0.6) is 0 Å². The van der Waals surface area contributed by atoms with Gasteiger partial charge in [0.05, 0.1) is 6.61 Å². The first kappa shape index (κ1) is 38.4. The summed E-state index contributed by atoms with van der Waals surface area (Å²) < 4.78 is 5.20. The van der Waals surface area contributed by atoms with Crippen LogP contribution in [0, 0.1) is 11.8 Å². The van der Waals surface area contributed by atoms with E-state index in [1.54, 1.807) is 13.8 Å². The van der Waals surface area contributed by atoms with E-state index in [9.17, 15) is 9.59 Å². The number of carboxylic acid groups (broad SMARTS) is 1. The van der Waals surface area contributed by atoms with Crippen molar-refractivity contribution in [2.45, 2.75) is 117 Å². The number of nitrogens with two attached hydrogens (primary N) is 1. The fourth-order valence-electron chi connectivity index (χ4n) is 2.64. The molecule has 196 valence electrons. The maximum absolute atomic E-state index is 11.4. The van der Waals surface area contributed by atoms with E-state index in [4.69, 9.17) is 32.3 Å². The van der Waals surface area contributed by atoms with Crippen molar-refractivity contribution in [2.24, 2.45) is 17.6 Å². The van der Waals surface area contributed by atoms with E-state index in [-0.39, 0.29) is 12.1 Å². The Bertz CT molecular complexity index is 437. The lowest BCUT2D eigenvalue weighted by Gasteiger charge is -2.19. The summed E-state index contributed by atoms with van der Waals surface area (Å²) in [5, 5.41) is 16.9. The largest absolute Gasteiger partial charge is 0.480 e. The maximum atomic E-state index is 11.4. The van der Waals surface area contributed by atoms with Crippen LogP contribution in [0.1, 0.15) is 107 Å². The van der Waals surface area contributed by atoms with Gasteiger partial charge in [0.2, 0.25) is 0 Å². The summed E-state index contributed by atoms with van der Waals surface area (Å²) in [7, 11) is 0. The van der Waals surface area contributed by atoms with E-state index in [1.807, 2.05) is 0 Å². The lowest BCUT2D eigenvalue weighted by Crippen LogP contribution is -2.41. The molecule has 0 atom stereocenters. The highest BCUT2D eigenvalue weighted by Gasteiger charge is 2.26. The van der Waals surface area contributed by atoms with Gasteiger partial charge in [0.1, 0.15) is 10.4 Å². The van der Waals surface area contributed by atoms with E-state index in [0.29, 0.717) is 25.0 Å².